The molecule has 25 heavy (non-hydrogen) atoms. The number of aromatic nitrogens is 1. The second-order valence-electron chi connectivity index (χ2n) is 5.21. The minimum Gasteiger partial charge on any atom is -0.493 e. The second kappa shape index (κ2) is 7.19. The maximum absolute atomic E-state index is 13.1. The van der Waals surface area contributed by atoms with E-state index in [1.54, 1.807) is 16.7 Å². The third-order valence-corrected chi connectivity index (χ3v) is 4.67. The van der Waals surface area contributed by atoms with Gasteiger partial charge < -0.3 is 15.4 Å². The van der Waals surface area contributed by atoms with Crippen molar-refractivity contribution < 1.29 is 9.50 Å². The van der Waals surface area contributed by atoms with Crippen molar-refractivity contribution in [2.75, 3.05) is 0 Å². The van der Waals surface area contributed by atoms with E-state index in [4.69, 9.17) is 18.0 Å². The van der Waals surface area contributed by atoms with Crippen LogP contribution in [0.15, 0.2) is 55.6 Å². The summed E-state index contributed by atoms with van der Waals surface area (Å²) in [7, 11) is 0. The molecule has 0 atom stereocenters. The van der Waals surface area contributed by atoms with Crippen molar-refractivity contribution in [1.29, 1.82) is 0 Å². The number of hydrogen-bond acceptors (Lipinski definition) is 3. The van der Waals surface area contributed by atoms with Gasteiger partial charge in [-0.05, 0) is 58.0 Å². The molecule has 0 amide bonds. The van der Waals surface area contributed by atoms with Crippen LogP contribution in [0.4, 0.5) is 10.1 Å². The topological polar surface area (TPSA) is 75.9 Å². The molecule has 0 fully saturated rings. The molecular formula is C16H11Br2FN4OS. The Bertz CT molecular complexity index is 1000. The summed E-state index contributed by atoms with van der Waals surface area (Å²) in [6.45, 7) is 0.325. The molecule has 0 aliphatic rings. The first-order valence-corrected chi connectivity index (χ1v) is 9.02. The predicted octanol–water partition coefficient (Wildman–Crippen LogP) is 5.39. The van der Waals surface area contributed by atoms with Crippen molar-refractivity contribution in [2.24, 2.45) is 16.0 Å². The predicted molar refractivity (Wildman–Crippen MR) is 106 cm³/mol. The van der Waals surface area contributed by atoms with Gasteiger partial charge in [-0.2, -0.15) is 0 Å². The van der Waals surface area contributed by atoms with Crippen molar-refractivity contribution in [3.63, 3.8) is 0 Å². The number of halogens is 3. The van der Waals surface area contributed by atoms with Crippen LogP contribution in [0.3, 0.4) is 0 Å². The Labute approximate surface area is 164 Å². The van der Waals surface area contributed by atoms with Gasteiger partial charge in [0.25, 0.3) is 0 Å². The average molecular weight is 486 g/mol. The molecule has 0 aliphatic carbocycles. The molecule has 5 nitrogen and oxygen atoms in total. The molecule has 3 aromatic rings. The summed E-state index contributed by atoms with van der Waals surface area (Å²) < 4.78 is 16.3. The molecule has 3 rings (SSSR count). The quantitative estimate of drug-likeness (QED) is 0.386. The van der Waals surface area contributed by atoms with Crippen molar-refractivity contribution in [1.82, 2.24) is 4.57 Å². The smallest absolute Gasteiger partial charge is 0.221 e. The van der Waals surface area contributed by atoms with Gasteiger partial charge in [0.2, 0.25) is 11.0 Å². The van der Waals surface area contributed by atoms with Gasteiger partial charge in [-0.1, -0.05) is 28.1 Å². The minimum atomic E-state index is -0.318. The maximum atomic E-state index is 13.1. The number of fused-ring (bicyclic) bond motifs is 1. The van der Waals surface area contributed by atoms with Crippen LogP contribution in [0.2, 0.25) is 0 Å². The van der Waals surface area contributed by atoms with Gasteiger partial charge in [0, 0.05) is 14.3 Å². The molecule has 9 heteroatoms. The summed E-state index contributed by atoms with van der Waals surface area (Å²) in [6, 6.07) is 9.73. The lowest BCUT2D eigenvalue weighted by Gasteiger charge is -2.08. The lowest BCUT2D eigenvalue weighted by atomic mass is 10.2. The van der Waals surface area contributed by atoms with Gasteiger partial charge >= 0.3 is 0 Å². The van der Waals surface area contributed by atoms with Crippen LogP contribution < -0.4 is 5.73 Å². The van der Waals surface area contributed by atoms with E-state index in [0.717, 1.165) is 20.0 Å². The zero-order valence-corrected chi connectivity index (χ0v) is 16.6. The molecule has 128 valence electrons. The molecule has 0 bridgehead atoms. The molecule has 2 aromatic carbocycles. The SMILES string of the molecule is NC(=S)N=Nc1c(O)n(Cc2ccc(F)cc2)c2c(Br)cc(Br)cc12. The third kappa shape index (κ3) is 3.73. The molecule has 0 unspecified atom stereocenters. The number of aromatic hydroxyl groups is 1. The molecule has 0 saturated carbocycles. The van der Waals surface area contributed by atoms with Crippen LogP contribution >= 0.6 is 44.1 Å². The molecular weight excluding hydrogens is 475 g/mol. The van der Waals surface area contributed by atoms with Crippen LogP contribution in [0.25, 0.3) is 10.9 Å². The monoisotopic (exact) mass is 484 g/mol. The van der Waals surface area contributed by atoms with Crippen molar-refractivity contribution in [3.05, 3.63) is 56.7 Å². The van der Waals surface area contributed by atoms with Crippen LogP contribution in [-0.2, 0) is 6.54 Å². The summed E-state index contributed by atoms with van der Waals surface area (Å²) >= 11 is 11.6. The lowest BCUT2D eigenvalue weighted by molar-refractivity contribution is 0.429. The third-order valence-electron chi connectivity index (χ3n) is 3.52. The normalized spacial score (nSPS) is 11.5. The van der Waals surface area contributed by atoms with E-state index in [0.29, 0.717) is 11.9 Å². The standard InChI is InChI=1S/C16H11Br2FN4OS/c17-9-5-11-13(21-22-16(20)25)15(24)23(14(11)12(18)6-9)7-8-1-3-10(19)4-2-8/h1-6,24H,7H2,(H2,20,25). The highest BCUT2D eigenvalue weighted by Gasteiger charge is 2.20. The number of azo groups is 1. The van der Waals surface area contributed by atoms with Gasteiger partial charge in [-0.25, -0.2) is 4.39 Å². The van der Waals surface area contributed by atoms with Crippen molar-refractivity contribution in [3.8, 4) is 5.88 Å². The zero-order valence-electron chi connectivity index (χ0n) is 12.6. The Morgan fingerprint density at radius 1 is 1.24 bits per heavy atom. The fourth-order valence-electron chi connectivity index (χ4n) is 2.50. The summed E-state index contributed by atoms with van der Waals surface area (Å²) in [4.78, 5) is 0. The van der Waals surface area contributed by atoms with E-state index in [9.17, 15) is 9.50 Å². The Hall–Kier alpha value is -1.84. The molecule has 0 spiro atoms. The van der Waals surface area contributed by atoms with Crippen LogP contribution in [0, 0.1) is 5.82 Å². The molecule has 0 radical (unpaired) electrons. The highest BCUT2D eigenvalue weighted by Crippen LogP contribution is 2.43. The summed E-state index contributed by atoms with van der Waals surface area (Å²) in [5, 5.41) is 18.9. The maximum Gasteiger partial charge on any atom is 0.221 e. The van der Waals surface area contributed by atoms with E-state index in [-0.39, 0.29) is 22.5 Å². The Morgan fingerprint density at radius 2 is 1.92 bits per heavy atom. The van der Waals surface area contributed by atoms with Crippen LogP contribution in [0.1, 0.15) is 5.56 Å². The molecule has 1 aromatic heterocycles. The fraction of sp³-hybridized carbons (Fsp3) is 0.0625. The number of hydrogen-bond donors (Lipinski definition) is 2. The number of nitrogens with zero attached hydrogens (tertiary/aromatic N) is 3. The van der Waals surface area contributed by atoms with Gasteiger partial charge in [-0.3, -0.25) is 0 Å². The number of benzene rings is 2. The van der Waals surface area contributed by atoms with Gasteiger partial charge in [-0.15, -0.1) is 10.2 Å². The van der Waals surface area contributed by atoms with Gasteiger partial charge in [0.1, 0.15) is 5.82 Å². The second-order valence-corrected chi connectivity index (χ2v) is 7.40. The first-order chi connectivity index (χ1) is 11.9. The van der Waals surface area contributed by atoms with E-state index in [1.165, 1.54) is 12.1 Å². The van der Waals surface area contributed by atoms with Crippen molar-refractivity contribution in [2.45, 2.75) is 6.54 Å². The van der Waals surface area contributed by atoms with Crippen molar-refractivity contribution >= 4 is 65.8 Å². The lowest BCUT2D eigenvalue weighted by Crippen LogP contribution is -2.01. The molecule has 3 N–H and O–H groups in total. The number of rotatable bonds is 3. The van der Waals surface area contributed by atoms with Gasteiger partial charge in [0.15, 0.2) is 5.69 Å². The summed E-state index contributed by atoms with van der Waals surface area (Å²) in [6.07, 6.45) is 0. The number of nitrogens with two attached hydrogens (primary N) is 1. The Balaban J connectivity index is 2.21. The van der Waals surface area contributed by atoms with Gasteiger partial charge in [0.05, 0.1) is 12.1 Å². The highest BCUT2D eigenvalue weighted by atomic mass is 79.9. The Kier molecular flexibility index (Phi) is 5.16. The van der Waals surface area contributed by atoms with Crippen LogP contribution in [-0.4, -0.2) is 14.8 Å². The van der Waals surface area contributed by atoms with E-state index < -0.39 is 0 Å². The highest BCUT2D eigenvalue weighted by molar-refractivity contribution is 9.11. The zero-order chi connectivity index (χ0) is 18.1. The van der Waals surface area contributed by atoms with E-state index in [2.05, 4.69) is 42.1 Å². The first kappa shape index (κ1) is 18.0. The number of thiocarbonyl (C=S) groups is 1. The first-order valence-electron chi connectivity index (χ1n) is 7.02. The molecule has 0 aliphatic heterocycles. The Morgan fingerprint density at radius 3 is 2.56 bits per heavy atom. The van der Waals surface area contributed by atoms with E-state index in [1.807, 2.05) is 12.1 Å². The van der Waals surface area contributed by atoms with Crippen LogP contribution in [0.5, 0.6) is 5.88 Å². The summed E-state index contributed by atoms with van der Waals surface area (Å²) in [5.74, 6) is -0.403. The molecule has 0 saturated heterocycles. The molecule has 1 heterocycles. The summed E-state index contributed by atoms with van der Waals surface area (Å²) in [5.41, 5.74) is 7.17. The van der Waals surface area contributed by atoms with E-state index >= 15 is 0 Å². The minimum absolute atomic E-state index is 0.0851. The largest absolute Gasteiger partial charge is 0.493 e. The average Bonchev–Trinajstić information content (AvgIpc) is 2.79. The fourth-order valence-corrected chi connectivity index (χ4v) is 3.98.